The van der Waals surface area contributed by atoms with Gasteiger partial charge in [-0.1, -0.05) is 42.5 Å². The maximum absolute atomic E-state index is 12.3. The number of nitrogens with zero attached hydrogens (tertiary/aromatic N) is 6. The summed E-state index contributed by atoms with van der Waals surface area (Å²) in [6.45, 7) is 2.13. The van der Waals surface area contributed by atoms with Crippen LogP contribution in [0.3, 0.4) is 0 Å². The number of hydrogen-bond acceptors (Lipinski definition) is 6. The van der Waals surface area contributed by atoms with Crippen molar-refractivity contribution in [3.05, 3.63) is 84.4 Å². The fourth-order valence-electron chi connectivity index (χ4n) is 2.87. The van der Waals surface area contributed by atoms with Crippen LogP contribution >= 0.6 is 0 Å². The van der Waals surface area contributed by atoms with Gasteiger partial charge in [0.05, 0.1) is 12.9 Å². The summed E-state index contributed by atoms with van der Waals surface area (Å²) in [5.74, 6) is -0.213. The Morgan fingerprint density at radius 1 is 1.03 bits per heavy atom. The number of nitrogens with one attached hydrogen (secondary N) is 2. The minimum absolute atomic E-state index is 0.352. The first-order valence-electron chi connectivity index (χ1n) is 9.60. The molecule has 0 aliphatic rings. The molecule has 0 saturated heterocycles. The summed E-state index contributed by atoms with van der Waals surface area (Å²) in [4.78, 5) is 29.8. The van der Waals surface area contributed by atoms with Crippen LogP contribution in [-0.2, 0) is 11.3 Å². The monoisotopic (exact) mass is 416 g/mol. The Balaban J connectivity index is 1.32. The average Bonchev–Trinajstić information content (AvgIpc) is 3.50. The van der Waals surface area contributed by atoms with Crippen molar-refractivity contribution < 1.29 is 9.59 Å². The van der Waals surface area contributed by atoms with Crippen LogP contribution in [0.5, 0.6) is 0 Å². The van der Waals surface area contributed by atoms with Crippen molar-refractivity contribution in [2.75, 3.05) is 0 Å². The van der Waals surface area contributed by atoms with Crippen LogP contribution in [0.1, 0.15) is 28.9 Å². The van der Waals surface area contributed by atoms with Gasteiger partial charge in [0.2, 0.25) is 5.82 Å². The summed E-state index contributed by atoms with van der Waals surface area (Å²) >= 11 is 0. The smallest absolute Gasteiger partial charge is 0.269 e. The van der Waals surface area contributed by atoms with E-state index >= 15 is 0 Å². The largest absolute Gasteiger partial charge is 0.325 e. The number of carbonyl (C=O) groups is 2. The van der Waals surface area contributed by atoms with Crippen molar-refractivity contribution in [1.82, 2.24) is 40.6 Å². The van der Waals surface area contributed by atoms with Gasteiger partial charge in [-0.2, -0.15) is 4.80 Å². The Morgan fingerprint density at radius 3 is 2.52 bits per heavy atom. The van der Waals surface area contributed by atoms with E-state index in [1.165, 1.54) is 11.1 Å². The third-order valence-electron chi connectivity index (χ3n) is 4.68. The van der Waals surface area contributed by atoms with Gasteiger partial charge in [0.15, 0.2) is 0 Å². The van der Waals surface area contributed by atoms with Crippen molar-refractivity contribution in [2.24, 2.45) is 0 Å². The Morgan fingerprint density at radius 2 is 1.81 bits per heavy atom. The Labute approximate surface area is 177 Å². The highest BCUT2D eigenvalue weighted by Crippen LogP contribution is 2.12. The van der Waals surface area contributed by atoms with Crippen LogP contribution in [0, 0.1) is 0 Å². The van der Waals surface area contributed by atoms with Crippen LogP contribution < -0.4 is 10.9 Å². The highest BCUT2D eigenvalue weighted by Gasteiger charge is 2.15. The number of amides is 2. The number of hydrazine groups is 1. The molecule has 2 N–H and O–H groups in total. The molecule has 10 nitrogen and oxygen atoms in total. The highest BCUT2D eigenvalue weighted by molar-refractivity contribution is 5.95. The van der Waals surface area contributed by atoms with Gasteiger partial charge in [-0.25, -0.2) is 4.98 Å². The lowest BCUT2D eigenvalue weighted by Crippen LogP contribution is -2.44. The SMILES string of the molecule is CC(C(=O)NNC(=O)c1ccc(Cn2nnc(-c3ccccc3)n2)cc1)n1ccnc1. The molecule has 0 radical (unpaired) electrons. The van der Waals surface area contributed by atoms with Gasteiger partial charge in [0.25, 0.3) is 11.8 Å². The predicted molar refractivity (Wildman–Crippen MR) is 111 cm³/mol. The van der Waals surface area contributed by atoms with Gasteiger partial charge in [0, 0.05) is 23.5 Å². The van der Waals surface area contributed by atoms with Crippen molar-refractivity contribution >= 4 is 11.8 Å². The maximum Gasteiger partial charge on any atom is 0.269 e. The van der Waals surface area contributed by atoms with Crippen molar-refractivity contribution in [2.45, 2.75) is 19.5 Å². The van der Waals surface area contributed by atoms with E-state index in [9.17, 15) is 9.59 Å². The van der Waals surface area contributed by atoms with Gasteiger partial charge in [0.1, 0.15) is 6.04 Å². The first kappa shape index (κ1) is 20.0. The van der Waals surface area contributed by atoms with E-state index in [4.69, 9.17) is 0 Å². The van der Waals surface area contributed by atoms with Gasteiger partial charge < -0.3 is 4.57 Å². The van der Waals surface area contributed by atoms with Crippen LogP contribution in [0.2, 0.25) is 0 Å². The molecule has 0 fully saturated rings. The normalized spacial score (nSPS) is 11.6. The number of aromatic nitrogens is 6. The molecule has 31 heavy (non-hydrogen) atoms. The number of hydrogen-bond donors (Lipinski definition) is 2. The standard InChI is InChI=1S/C21H20N8O2/c1-15(28-12-11-22-14-28)20(30)24-25-21(31)18-9-7-16(8-10-18)13-29-26-19(23-27-29)17-5-3-2-4-6-17/h2-12,14-15H,13H2,1H3,(H,24,30)(H,25,31). The number of carbonyl (C=O) groups excluding carboxylic acids is 2. The Bertz CT molecular complexity index is 1150. The lowest BCUT2D eigenvalue weighted by Gasteiger charge is -2.14. The van der Waals surface area contributed by atoms with Crippen LogP contribution in [-0.4, -0.2) is 41.6 Å². The zero-order valence-electron chi connectivity index (χ0n) is 16.7. The summed E-state index contributed by atoms with van der Waals surface area (Å²) in [5.41, 5.74) is 7.06. The topological polar surface area (TPSA) is 120 Å². The second kappa shape index (κ2) is 8.99. The van der Waals surface area contributed by atoms with E-state index < -0.39 is 11.9 Å². The summed E-state index contributed by atoms with van der Waals surface area (Å²) in [6, 6.07) is 16.1. The molecule has 0 spiro atoms. The summed E-state index contributed by atoms with van der Waals surface area (Å²) in [7, 11) is 0. The fourth-order valence-corrected chi connectivity index (χ4v) is 2.87. The fraction of sp³-hybridized carbons (Fsp3) is 0.143. The molecule has 10 heteroatoms. The molecule has 0 saturated carbocycles. The van der Waals surface area contributed by atoms with Gasteiger partial charge in [-0.3, -0.25) is 20.4 Å². The third kappa shape index (κ3) is 4.81. The predicted octanol–water partition coefficient (Wildman–Crippen LogP) is 1.61. The van der Waals surface area contributed by atoms with Gasteiger partial charge >= 0.3 is 0 Å². The van der Waals surface area contributed by atoms with E-state index in [1.807, 2.05) is 30.3 Å². The van der Waals surface area contributed by atoms with E-state index in [-0.39, 0.29) is 5.91 Å². The molecule has 0 aliphatic heterocycles. The minimum Gasteiger partial charge on any atom is -0.325 e. The van der Waals surface area contributed by atoms with Crippen LogP contribution in [0.4, 0.5) is 0 Å². The lowest BCUT2D eigenvalue weighted by atomic mass is 10.1. The molecule has 0 bridgehead atoms. The van der Waals surface area contributed by atoms with E-state index in [0.29, 0.717) is 17.9 Å². The second-order valence-electron chi connectivity index (χ2n) is 6.84. The van der Waals surface area contributed by atoms with Crippen molar-refractivity contribution in [1.29, 1.82) is 0 Å². The van der Waals surface area contributed by atoms with Crippen molar-refractivity contribution in [3.63, 3.8) is 0 Å². The van der Waals surface area contributed by atoms with Crippen LogP contribution in [0.25, 0.3) is 11.4 Å². The van der Waals surface area contributed by atoms with Gasteiger partial charge in [-0.05, 0) is 29.8 Å². The first-order chi connectivity index (χ1) is 15.1. The summed E-state index contributed by atoms with van der Waals surface area (Å²) < 4.78 is 1.64. The number of benzene rings is 2. The number of tetrazole rings is 1. The van der Waals surface area contributed by atoms with E-state index in [2.05, 4.69) is 31.2 Å². The number of imidazole rings is 1. The molecule has 2 aromatic carbocycles. The maximum atomic E-state index is 12.3. The zero-order chi connectivity index (χ0) is 21.6. The molecule has 0 aliphatic carbocycles. The molecule has 2 amide bonds. The molecule has 4 rings (SSSR count). The Hall–Kier alpha value is -4.34. The molecule has 2 aromatic heterocycles. The lowest BCUT2D eigenvalue weighted by molar-refractivity contribution is -0.124. The average molecular weight is 416 g/mol. The van der Waals surface area contributed by atoms with Gasteiger partial charge in [-0.15, -0.1) is 10.2 Å². The molecule has 156 valence electrons. The van der Waals surface area contributed by atoms with Crippen molar-refractivity contribution in [3.8, 4) is 11.4 Å². The molecule has 2 heterocycles. The van der Waals surface area contributed by atoms with E-state index in [1.54, 1.807) is 48.1 Å². The molecule has 1 atom stereocenters. The van der Waals surface area contributed by atoms with Crippen LogP contribution in [0.15, 0.2) is 73.3 Å². The minimum atomic E-state index is -0.499. The quantitative estimate of drug-likeness (QED) is 0.461. The number of rotatable bonds is 6. The second-order valence-corrected chi connectivity index (χ2v) is 6.84. The Kier molecular flexibility index (Phi) is 5.79. The highest BCUT2D eigenvalue weighted by atomic mass is 16.2. The molecular weight excluding hydrogens is 396 g/mol. The third-order valence-corrected chi connectivity index (χ3v) is 4.68. The first-order valence-corrected chi connectivity index (χ1v) is 9.60. The summed E-state index contributed by atoms with van der Waals surface area (Å²) in [5, 5.41) is 12.5. The molecule has 4 aromatic rings. The van der Waals surface area contributed by atoms with E-state index in [0.717, 1.165) is 11.1 Å². The summed E-state index contributed by atoms with van der Waals surface area (Å²) in [6.07, 6.45) is 4.80. The molecular formula is C21H20N8O2. The zero-order valence-corrected chi connectivity index (χ0v) is 16.7. The molecule has 1 unspecified atom stereocenters.